The van der Waals surface area contributed by atoms with Crippen LogP contribution in [0.1, 0.15) is 11.1 Å². The van der Waals surface area contributed by atoms with Crippen LogP contribution in [0.15, 0.2) is 84.9 Å². The van der Waals surface area contributed by atoms with Gasteiger partial charge in [0.15, 0.2) is 6.10 Å². The van der Waals surface area contributed by atoms with Crippen molar-refractivity contribution in [3.05, 3.63) is 96.1 Å². The second-order valence-electron chi connectivity index (χ2n) is 6.69. The van der Waals surface area contributed by atoms with Crippen LogP contribution in [-0.4, -0.2) is 48.2 Å². The standard InChI is InChI=1S/C9H10O3.C7H8O4S.C6H6O4S/c10-8(9(11)12)6-7-4-2-1-3-5-7;1-6-2-4-7(5-3-6)11-12(8,9)10;7-11(8,9)10-6-4-2-1-3-5-6/h1-5,8,10H,6H2,(H,11,12);2-5H,1H3,(H,8,9,10);1-5H,(H,7,8,9). The van der Waals surface area contributed by atoms with Crippen molar-refractivity contribution in [2.24, 2.45) is 0 Å². The molecule has 3 aromatic rings. The Kier molecular flexibility index (Phi) is 11.8. The average molecular weight is 529 g/mol. The number of rotatable bonds is 7. The predicted octanol–water partition coefficient (Wildman–Crippen LogP) is 2.72. The number of aryl methyl sites for hydroxylation is 1. The lowest BCUT2D eigenvalue weighted by Gasteiger charge is -2.03. The van der Waals surface area contributed by atoms with E-state index in [1.165, 1.54) is 24.3 Å². The van der Waals surface area contributed by atoms with Gasteiger partial charge in [-0.05, 0) is 36.8 Å². The van der Waals surface area contributed by atoms with Crippen molar-refractivity contribution < 1.29 is 49.3 Å². The van der Waals surface area contributed by atoms with Gasteiger partial charge in [0.2, 0.25) is 0 Å². The van der Waals surface area contributed by atoms with E-state index in [1.807, 2.05) is 25.1 Å². The number of carbonyl (C=O) groups is 1. The topological polar surface area (TPSA) is 185 Å². The van der Waals surface area contributed by atoms with E-state index in [-0.39, 0.29) is 17.9 Å². The van der Waals surface area contributed by atoms with E-state index in [9.17, 15) is 21.6 Å². The van der Waals surface area contributed by atoms with Crippen LogP contribution >= 0.6 is 0 Å². The Morgan fingerprint density at radius 1 is 0.743 bits per heavy atom. The van der Waals surface area contributed by atoms with Crippen molar-refractivity contribution in [3.8, 4) is 11.5 Å². The van der Waals surface area contributed by atoms with E-state index in [4.69, 9.17) is 19.3 Å². The minimum absolute atomic E-state index is 0.0926. The maximum absolute atomic E-state index is 10.3. The summed E-state index contributed by atoms with van der Waals surface area (Å²) >= 11 is 0. The summed E-state index contributed by atoms with van der Waals surface area (Å²) in [6.45, 7) is 1.86. The van der Waals surface area contributed by atoms with Crippen LogP contribution in [0.5, 0.6) is 11.5 Å². The average Bonchev–Trinajstić information content (AvgIpc) is 2.75. The molecule has 3 rings (SSSR count). The number of aliphatic hydroxyl groups excluding tert-OH is 1. The molecule has 0 heterocycles. The van der Waals surface area contributed by atoms with Gasteiger partial charge in [-0.25, -0.2) is 4.79 Å². The summed E-state index contributed by atoms with van der Waals surface area (Å²) in [5.41, 5.74) is 1.81. The molecule has 0 radical (unpaired) electrons. The van der Waals surface area contributed by atoms with Crippen molar-refractivity contribution in [2.75, 3.05) is 0 Å². The molecule has 13 heteroatoms. The summed E-state index contributed by atoms with van der Waals surface area (Å²) in [6.07, 6.45) is -1.14. The molecule has 1 atom stereocenters. The third-order valence-corrected chi connectivity index (χ3v) is 4.53. The van der Waals surface area contributed by atoms with Crippen molar-refractivity contribution in [1.82, 2.24) is 0 Å². The Bertz CT molecular complexity index is 1240. The van der Waals surface area contributed by atoms with Gasteiger partial charge in [0.05, 0.1) is 0 Å². The SMILES string of the molecule is Cc1ccc(OS(=O)(=O)O)cc1.O=C(O)C(O)Cc1ccccc1.O=S(=O)(O)Oc1ccccc1. The molecule has 0 saturated carbocycles. The van der Waals surface area contributed by atoms with Crippen LogP contribution in [-0.2, 0) is 32.0 Å². The molecular weight excluding hydrogens is 504 g/mol. The zero-order chi connectivity index (χ0) is 26.5. The Morgan fingerprint density at radius 2 is 1.14 bits per heavy atom. The van der Waals surface area contributed by atoms with Crippen LogP contribution < -0.4 is 8.37 Å². The number of aliphatic carboxylic acids is 1. The van der Waals surface area contributed by atoms with E-state index >= 15 is 0 Å². The number of hydrogen-bond donors (Lipinski definition) is 4. The summed E-state index contributed by atoms with van der Waals surface area (Å²) in [7, 11) is -8.77. The summed E-state index contributed by atoms with van der Waals surface area (Å²) in [6, 6.07) is 23.1. The molecule has 0 aliphatic rings. The van der Waals surface area contributed by atoms with Gasteiger partial charge in [-0.3, -0.25) is 9.11 Å². The molecule has 0 aliphatic carbocycles. The van der Waals surface area contributed by atoms with Crippen molar-refractivity contribution in [2.45, 2.75) is 19.4 Å². The summed E-state index contributed by atoms with van der Waals surface area (Å²) in [5.74, 6) is -0.989. The number of hydrogen-bond acceptors (Lipinski definition) is 8. The van der Waals surface area contributed by atoms with Gasteiger partial charge in [-0.15, -0.1) is 0 Å². The maximum atomic E-state index is 10.3. The number of benzene rings is 3. The number of carboxylic acid groups (broad SMARTS) is 1. The molecule has 0 bridgehead atoms. The third-order valence-electron chi connectivity index (χ3n) is 3.72. The van der Waals surface area contributed by atoms with Crippen LogP contribution in [0.4, 0.5) is 0 Å². The Labute approximate surface area is 203 Å². The van der Waals surface area contributed by atoms with Crippen LogP contribution in [0, 0.1) is 6.92 Å². The normalized spacial score (nSPS) is 11.5. The van der Waals surface area contributed by atoms with Gasteiger partial charge < -0.3 is 18.6 Å². The smallest absolute Gasteiger partial charge is 0.446 e. The predicted molar refractivity (Wildman–Crippen MR) is 126 cm³/mol. The Hall–Kier alpha value is -3.49. The van der Waals surface area contributed by atoms with E-state index < -0.39 is 32.9 Å². The lowest BCUT2D eigenvalue weighted by atomic mass is 10.1. The fourth-order valence-electron chi connectivity index (χ4n) is 2.24. The molecule has 0 aliphatic heterocycles. The molecule has 0 saturated heterocycles. The van der Waals surface area contributed by atoms with Crippen LogP contribution in [0.2, 0.25) is 0 Å². The molecule has 11 nitrogen and oxygen atoms in total. The first-order valence-electron chi connectivity index (χ1n) is 9.65. The molecule has 4 N–H and O–H groups in total. The first-order valence-corrected chi connectivity index (χ1v) is 12.4. The van der Waals surface area contributed by atoms with Gasteiger partial charge in [0, 0.05) is 6.42 Å². The highest BCUT2D eigenvalue weighted by molar-refractivity contribution is 7.81. The van der Waals surface area contributed by atoms with Crippen molar-refractivity contribution in [1.29, 1.82) is 0 Å². The largest absolute Gasteiger partial charge is 0.479 e. The van der Waals surface area contributed by atoms with Gasteiger partial charge in [-0.1, -0.05) is 66.2 Å². The van der Waals surface area contributed by atoms with E-state index in [1.54, 1.807) is 42.5 Å². The number of aliphatic hydroxyl groups is 1. The Morgan fingerprint density at radius 3 is 1.54 bits per heavy atom. The van der Waals surface area contributed by atoms with Gasteiger partial charge in [0.25, 0.3) is 0 Å². The number of carboxylic acids is 1. The molecule has 1 unspecified atom stereocenters. The molecular formula is C22H24O11S2. The molecule has 0 spiro atoms. The molecule has 3 aromatic carbocycles. The Balaban J connectivity index is 0.000000263. The summed E-state index contributed by atoms with van der Waals surface area (Å²) in [4.78, 5) is 10.3. The van der Waals surface area contributed by atoms with E-state index in [2.05, 4.69) is 8.37 Å². The van der Waals surface area contributed by atoms with Crippen LogP contribution in [0.3, 0.4) is 0 Å². The van der Waals surface area contributed by atoms with Gasteiger partial charge in [-0.2, -0.15) is 16.8 Å². The third kappa shape index (κ3) is 15.1. The van der Waals surface area contributed by atoms with E-state index in [0.29, 0.717) is 0 Å². The van der Waals surface area contributed by atoms with Gasteiger partial charge >= 0.3 is 26.8 Å². The second kappa shape index (κ2) is 14.0. The summed E-state index contributed by atoms with van der Waals surface area (Å²) in [5, 5.41) is 17.4. The zero-order valence-corrected chi connectivity index (χ0v) is 20.0. The fraction of sp³-hybridized carbons (Fsp3) is 0.136. The monoisotopic (exact) mass is 528 g/mol. The summed E-state index contributed by atoms with van der Waals surface area (Å²) < 4.78 is 65.5. The number of para-hydroxylation sites is 1. The minimum atomic E-state index is -4.39. The molecule has 35 heavy (non-hydrogen) atoms. The van der Waals surface area contributed by atoms with Gasteiger partial charge in [0.1, 0.15) is 11.5 Å². The van der Waals surface area contributed by atoms with E-state index in [0.717, 1.165) is 11.1 Å². The zero-order valence-electron chi connectivity index (χ0n) is 18.3. The quantitative estimate of drug-likeness (QED) is 0.330. The molecule has 190 valence electrons. The molecule has 0 amide bonds. The minimum Gasteiger partial charge on any atom is -0.479 e. The lowest BCUT2D eigenvalue weighted by molar-refractivity contribution is -0.146. The van der Waals surface area contributed by atoms with Crippen molar-refractivity contribution >= 4 is 26.8 Å². The highest BCUT2D eigenvalue weighted by Crippen LogP contribution is 2.13. The maximum Gasteiger partial charge on any atom is 0.446 e. The fourth-order valence-corrected chi connectivity index (χ4v) is 2.95. The highest BCUT2D eigenvalue weighted by atomic mass is 32.3. The lowest BCUT2D eigenvalue weighted by Crippen LogP contribution is -2.21. The van der Waals surface area contributed by atoms with Crippen molar-refractivity contribution in [3.63, 3.8) is 0 Å². The highest BCUT2D eigenvalue weighted by Gasteiger charge is 2.12. The second-order valence-corrected chi connectivity index (χ2v) is 8.74. The first-order chi connectivity index (χ1) is 16.2. The molecule has 0 aromatic heterocycles. The molecule has 0 fully saturated rings. The van der Waals surface area contributed by atoms with Crippen LogP contribution in [0.25, 0.3) is 0 Å². The first kappa shape index (κ1) is 29.5.